The second-order valence-corrected chi connectivity index (χ2v) is 7.71. The zero-order valence-electron chi connectivity index (χ0n) is 12.3. The Labute approximate surface area is 139 Å². The van der Waals surface area contributed by atoms with Crippen LogP contribution in [0.5, 0.6) is 0 Å². The number of carbonyl (C=O) groups is 2. The first-order chi connectivity index (χ1) is 10.3. The van der Waals surface area contributed by atoms with Crippen LogP contribution in [-0.2, 0) is 9.59 Å². The van der Waals surface area contributed by atoms with E-state index in [0.717, 1.165) is 12.1 Å². The van der Waals surface area contributed by atoms with Crippen LogP contribution < -0.4 is 5.32 Å². The van der Waals surface area contributed by atoms with Gasteiger partial charge in [0, 0.05) is 12.2 Å². The van der Waals surface area contributed by atoms with Gasteiger partial charge in [-0.2, -0.15) is 0 Å². The van der Waals surface area contributed by atoms with Crippen LogP contribution in [0.15, 0.2) is 30.3 Å². The molecule has 1 aromatic carbocycles. The van der Waals surface area contributed by atoms with Gasteiger partial charge < -0.3 is 10.2 Å². The zero-order valence-corrected chi connectivity index (χ0v) is 13.8. The number of para-hydroxylation sites is 1. The standard InChI is InChI=1S/C16H18Cl2N2O2/c1-15(10-16(15,17)18)14(22)20-9-5-8-12(20)13(21)19-11-6-3-2-4-7-11/h2-4,6-7,12H,5,8-10H2,1H3,(H,19,21)/t12-,15-/m1/s1. The number of likely N-dealkylation sites (tertiary alicyclic amines) is 1. The maximum atomic E-state index is 12.7. The highest BCUT2D eigenvalue weighted by molar-refractivity contribution is 6.53. The molecule has 0 bridgehead atoms. The van der Waals surface area contributed by atoms with Crippen molar-refractivity contribution in [1.29, 1.82) is 0 Å². The number of hydrogen-bond acceptors (Lipinski definition) is 2. The lowest BCUT2D eigenvalue weighted by atomic mass is 10.1. The molecule has 1 aromatic rings. The van der Waals surface area contributed by atoms with Gasteiger partial charge in [-0.3, -0.25) is 9.59 Å². The lowest BCUT2D eigenvalue weighted by molar-refractivity contribution is -0.140. The molecule has 1 heterocycles. The summed E-state index contributed by atoms with van der Waals surface area (Å²) in [5, 5.41) is 2.86. The van der Waals surface area contributed by atoms with E-state index in [4.69, 9.17) is 23.2 Å². The van der Waals surface area contributed by atoms with Gasteiger partial charge in [0.1, 0.15) is 10.4 Å². The molecule has 22 heavy (non-hydrogen) atoms. The molecule has 1 N–H and O–H groups in total. The van der Waals surface area contributed by atoms with E-state index >= 15 is 0 Å². The maximum Gasteiger partial charge on any atom is 0.247 e. The highest BCUT2D eigenvalue weighted by Gasteiger charge is 2.69. The number of alkyl halides is 2. The first-order valence-electron chi connectivity index (χ1n) is 7.40. The minimum atomic E-state index is -1.01. The Morgan fingerprint density at radius 3 is 2.50 bits per heavy atom. The van der Waals surface area contributed by atoms with E-state index in [1.54, 1.807) is 11.8 Å². The van der Waals surface area contributed by atoms with Gasteiger partial charge in [0.25, 0.3) is 0 Å². The van der Waals surface area contributed by atoms with Gasteiger partial charge in [-0.15, -0.1) is 23.2 Å². The Balaban J connectivity index is 1.71. The summed E-state index contributed by atoms with van der Waals surface area (Å²) in [5.74, 6) is -0.278. The summed E-state index contributed by atoms with van der Waals surface area (Å²) in [4.78, 5) is 26.8. The average Bonchev–Trinajstić information content (AvgIpc) is 2.86. The number of hydrogen-bond donors (Lipinski definition) is 1. The van der Waals surface area contributed by atoms with Crippen LogP contribution in [0.4, 0.5) is 5.69 Å². The molecule has 0 unspecified atom stereocenters. The molecule has 1 saturated heterocycles. The molecule has 1 aliphatic heterocycles. The Kier molecular flexibility index (Phi) is 3.86. The van der Waals surface area contributed by atoms with Crippen molar-refractivity contribution >= 4 is 40.7 Å². The fraction of sp³-hybridized carbons (Fsp3) is 0.500. The van der Waals surface area contributed by atoms with Crippen LogP contribution in [-0.4, -0.2) is 33.6 Å². The van der Waals surface area contributed by atoms with Crippen LogP contribution in [0.25, 0.3) is 0 Å². The second kappa shape index (κ2) is 5.43. The lowest BCUT2D eigenvalue weighted by Crippen LogP contribution is -2.46. The lowest BCUT2D eigenvalue weighted by Gasteiger charge is -2.27. The van der Waals surface area contributed by atoms with Crippen LogP contribution in [0.1, 0.15) is 26.2 Å². The molecule has 2 amide bonds. The van der Waals surface area contributed by atoms with Crippen molar-refractivity contribution < 1.29 is 9.59 Å². The summed E-state index contributed by atoms with van der Waals surface area (Å²) in [5.41, 5.74) is -0.0420. The summed E-state index contributed by atoms with van der Waals surface area (Å²) < 4.78 is -1.01. The molecular formula is C16H18Cl2N2O2. The summed E-state index contributed by atoms with van der Waals surface area (Å²) in [6, 6.07) is 8.79. The number of nitrogens with zero attached hydrogens (tertiary/aromatic N) is 1. The molecule has 3 rings (SSSR count). The van der Waals surface area contributed by atoms with Crippen molar-refractivity contribution in [3.05, 3.63) is 30.3 Å². The van der Waals surface area contributed by atoms with Gasteiger partial charge >= 0.3 is 0 Å². The minimum absolute atomic E-state index is 0.122. The molecule has 2 atom stereocenters. The molecule has 0 aromatic heterocycles. The maximum absolute atomic E-state index is 12.7. The van der Waals surface area contributed by atoms with Crippen LogP contribution in [0.2, 0.25) is 0 Å². The molecule has 4 nitrogen and oxygen atoms in total. The van der Waals surface area contributed by atoms with Gasteiger partial charge in [-0.05, 0) is 38.3 Å². The second-order valence-electron chi connectivity index (χ2n) is 6.23. The predicted molar refractivity (Wildman–Crippen MR) is 87.0 cm³/mol. The largest absolute Gasteiger partial charge is 0.330 e. The van der Waals surface area contributed by atoms with Crippen molar-refractivity contribution in [2.75, 3.05) is 11.9 Å². The third kappa shape index (κ3) is 2.59. The quantitative estimate of drug-likeness (QED) is 0.859. The van der Waals surface area contributed by atoms with Gasteiger partial charge in [0.05, 0.1) is 5.41 Å². The highest BCUT2D eigenvalue weighted by atomic mass is 35.5. The Morgan fingerprint density at radius 2 is 1.91 bits per heavy atom. The molecule has 2 fully saturated rings. The average molecular weight is 341 g/mol. The normalized spacial score (nSPS) is 29.2. The van der Waals surface area contributed by atoms with Crippen LogP contribution in [0, 0.1) is 5.41 Å². The number of carbonyl (C=O) groups excluding carboxylic acids is 2. The number of nitrogens with one attached hydrogen (secondary N) is 1. The van der Waals surface area contributed by atoms with E-state index < -0.39 is 15.8 Å². The van der Waals surface area contributed by atoms with Gasteiger partial charge in [0.2, 0.25) is 11.8 Å². The molecule has 6 heteroatoms. The molecule has 2 aliphatic rings. The summed E-state index contributed by atoms with van der Waals surface area (Å²) in [6.07, 6.45) is 1.91. The highest BCUT2D eigenvalue weighted by Crippen LogP contribution is 2.64. The summed E-state index contributed by atoms with van der Waals surface area (Å²) >= 11 is 12.2. The van der Waals surface area contributed by atoms with Crippen molar-refractivity contribution in [3.63, 3.8) is 0 Å². The number of halogens is 2. The predicted octanol–water partition coefficient (Wildman–Crippen LogP) is 3.20. The first kappa shape index (κ1) is 15.6. The Bertz CT molecular complexity index is 605. The van der Waals surface area contributed by atoms with E-state index in [1.165, 1.54) is 0 Å². The molecule has 1 saturated carbocycles. The van der Waals surface area contributed by atoms with Crippen LogP contribution >= 0.6 is 23.2 Å². The first-order valence-corrected chi connectivity index (χ1v) is 8.15. The van der Waals surface area contributed by atoms with Crippen molar-refractivity contribution in [1.82, 2.24) is 4.90 Å². The van der Waals surface area contributed by atoms with Crippen LogP contribution in [0.3, 0.4) is 0 Å². The van der Waals surface area contributed by atoms with E-state index in [0.29, 0.717) is 19.4 Å². The SMILES string of the molecule is C[C@]1(C(=O)N2CCC[C@@H]2C(=O)Nc2ccccc2)CC1(Cl)Cl. The monoisotopic (exact) mass is 340 g/mol. The van der Waals surface area contributed by atoms with Gasteiger partial charge in [0.15, 0.2) is 0 Å². The summed E-state index contributed by atoms with van der Waals surface area (Å²) in [7, 11) is 0. The number of amides is 2. The fourth-order valence-corrected chi connectivity index (χ4v) is 3.67. The van der Waals surface area contributed by atoms with E-state index in [9.17, 15) is 9.59 Å². The minimum Gasteiger partial charge on any atom is -0.330 e. The molecule has 118 valence electrons. The van der Waals surface area contributed by atoms with Gasteiger partial charge in [-0.1, -0.05) is 18.2 Å². The number of benzene rings is 1. The van der Waals surface area contributed by atoms with Crippen molar-refractivity contribution in [2.45, 2.75) is 36.6 Å². The van der Waals surface area contributed by atoms with Crippen molar-refractivity contribution in [2.24, 2.45) is 5.41 Å². The molecule has 1 aliphatic carbocycles. The molecule has 0 spiro atoms. The molecular weight excluding hydrogens is 323 g/mol. The third-order valence-electron chi connectivity index (χ3n) is 4.59. The van der Waals surface area contributed by atoms with E-state index in [1.807, 2.05) is 30.3 Å². The van der Waals surface area contributed by atoms with Gasteiger partial charge in [-0.25, -0.2) is 0 Å². The topological polar surface area (TPSA) is 49.4 Å². The zero-order chi connectivity index (χ0) is 16.0. The number of anilines is 1. The van der Waals surface area contributed by atoms with Crippen molar-refractivity contribution in [3.8, 4) is 0 Å². The molecule has 0 radical (unpaired) electrons. The fourth-order valence-electron chi connectivity index (χ4n) is 2.98. The van der Waals surface area contributed by atoms with E-state index in [2.05, 4.69) is 5.32 Å². The Morgan fingerprint density at radius 1 is 1.27 bits per heavy atom. The van der Waals surface area contributed by atoms with E-state index in [-0.39, 0.29) is 11.8 Å². The third-order valence-corrected chi connectivity index (χ3v) is 5.69. The number of rotatable bonds is 3. The smallest absolute Gasteiger partial charge is 0.247 e. The Hall–Kier alpha value is -1.26. The summed E-state index contributed by atoms with van der Waals surface area (Å²) in [6.45, 7) is 2.34.